The highest BCUT2D eigenvalue weighted by atomic mass is 16.4. The first kappa shape index (κ1) is 12.3. The number of nitrogens with zero attached hydrogens (tertiary/aromatic N) is 4. The summed E-state index contributed by atoms with van der Waals surface area (Å²) in [4.78, 5) is 10.6. The molecule has 0 aromatic carbocycles. The average Bonchev–Trinajstić information content (AvgIpc) is 2.85. The van der Waals surface area contributed by atoms with E-state index in [4.69, 9.17) is 9.52 Å². The normalized spacial score (nSPS) is 12.6. The molecular formula is C11H14N4O3. The zero-order valence-electron chi connectivity index (χ0n) is 10.2. The third-order valence-corrected chi connectivity index (χ3v) is 2.64. The van der Waals surface area contributed by atoms with Crippen LogP contribution < -0.4 is 0 Å². The molecule has 1 N–H and O–H groups in total. The van der Waals surface area contributed by atoms with Crippen LogP contribution in [0.5, 0.6) is 0 Å². The molecule has 0 bridgehead atoms. The molecule has 2 aromatic heterocycles. The highest BCUT2D eigenvalue weighted by Gasteiger charge is 2.16. The highest BCUT2D eigenvalue weighted by molar-refractivity contribution is 5.66. The summed E-state index contributed by atoms with van der Waals surface area (Å²) >= 11 is 0. The van der Waals surface area contributed by atoms with Crippen molar-refractivity contribution in [3.8, 4) is 11.4 Å². The predicted molar refractivity (Wildman–Crippen MR) is 61.7 cm³/mol. The number of hydrogen-bond donors (Lipinski definition) is 1. The number of aromatic nitrogens is 4. The summed E-state index contributed by atoms with van der Waals surface area (Å²) < 4.78 is 6.81. The lowest BCUT2D eigenvalue weighted by atomic mass is 10.1. The maximum atomic E-state index is 10.6. The minimum absolute atomic E-state index is 0.0445. The van der Waals surface area contributed by atoms with Gasteiger partial charge in [0.1, 0.15) is 5.76 Å². The van der Waals surface area contributed by atoms with E-state index in [-0.39, 0.29) is 12.3 Å². The molecule has 1 unspecified atom stereocenters. The summed E-state index contributed by atoms with van der Waals surface area (Å²) in [5, 5.41) is 20.2. The Kier molecular flexibility index (Phi) is 3.40. The van der Waals surface area contributed by atoms with Crippen LogP contribution in [0.15, 0.2) is 16.7 Å². The largest absolute Gasteiger partial charge is 0.481 e. The minimum atomic E-state index is -0.823. The molecule has 0 saturated carbocycles. The Hall–Kier alpha value is -2.18. The van der Waals surface area contributed by atoms with Crippen LogP contribution in [0.4, 0.5) is 0 Å². The number of furan rings is 1. The van der Waals surface area contributed by atoms with Gasteiger partial charge in [-0.1, -0.05) is 6.92 Å². The van der Waals surface area contributed by atoms with Gasteiger partial charge in [-0.15, -0.1) is 5.10 Å². The zero-order valence-corrected chi connectivity index (χ0v) is 10.2. The summed E-state index contributed by atoms with van der Waals surface area (Å²) in [6.07, 6.45) is 1.66. The fourth-order valence-corrected chi connectivity index (χ4v) is 1.80. The number of aryl methyl sites for hydroxylation is 1. The van der Waals surface area contributed by atoms with E-state index in [1.54, 1.807) is 17.0 Å². The topological polar surface area (TPSA) is 94.0 Å². The van der Waals surface area contributed by atoms with Crippen molar-refractivity contribution >= 4 is 5.97 Å². The van der Waals surface area contributed by atoms with Crippen molar-refractivity contribution in [1.29, 1.82) is 0 Å². The van der Waals surface area contributed by atoms with Gasteiger partial charge >= 0.3 is 5.97 Å². The molecule has 0 amide bonds. The minimum Gasteiger partial charge on any atom is -0.481 e. The molecule has 0 aliphatic carbocycles. The van der Waals surface area contributed by atoms with E-state index in [1.165, 1.54) is 0 Å². The van der Waals surface area contributed by atoms with E-state index < -0.39 is 5.97 Å². The Morgan fingerprint density at radius 3 is 3.00 bits per heavy atom. The van der Waals surface area contributed by atoms with Crippen LogP contribution in [0, 0.1) is 12.8 Å². The van der Waals surface area contributed by atoms with E-state index in [2.05, 4.69) is 15.5 Å². The van der Waals surface area contributed by atoms with Gasteiger partial charge in [0.2, 0.25) is 0 Å². The van der Waals surface area contributed by atoms with Crippen LogP contribution >= 0.6 is 0 Å². The zero-order chi connectivity index (χ0) is 13.1. The van der Waals surface area contributed by atoms with E-state index in [9.17, 15) is 4.79 Å². The second kappa shape index (κ2) is 4.99. The Morgan fingerprint density at radius 1 is 1.61 bits per heavy atom. The summed E-state index contributed by atoms with van der Waals surface area (Å²) in [6.45, 7) is 4.14. The smallest absolute Gasteiger partial charge is 0.303 e. The lowest BCUT2D eigenvalue weighted by molar-refractivity contribution is -0.138. The van der Waals surface area contributed by atoms with Crippen LogP contribution in [0.1, 0.15) is 19.1 Å². The van der Waals surface area contributed by atoms with Crippen molar-refractivity contribution in [2.45, 2.75) is 26.8 Å². The molecule has 0 aliphatic heterocycles. The first-order valence-corrected chi connectivity index (χ1v) is 5.60. The first-order chi connectivity index (χ1) is 8.58. The lowest BCUT2D eigenvalue weighted by Crippen LogP contribution is -2.14. The van der Waals surface area contributed by atoms with Gasteiger partial charge in [0.05, 0.1) is 11.8 Å². The SMILES string of the molecule is Cc1occc1-c1nnnn1CC(C)CC(=O)O. The van der Waals surface area contributed by atoms with Gasteiger partial charge in [-0.2, -0.15) is 0 Å². The van der Waals surface area contributed by atoms with Crippen molar-refractivity contribution in [1.82, 2.24) is 20.2 Å². The fraction of sp³-hybridized carbons (Fsp3) is 0.455. The molecule has 18 heavy (non-hydrogen) atoms. The molecular weight excluding hydrogens is 236 g/mol. The van der Waals surface area contributed by atoms with Gasteiger partial charge in [0.25, 0.3) is 0 Å². The van der Waals surface area contributed by atoms with Crippen LogP contribution in [-0.2, 0) is 11.3 Å². The lowest BCUT2D eigenvalue weighted by Gasteiger charge is -2.09. The molecule has 96 valence electrons. The molecule has 0 spiro atoms. The van der Waals surface area contributed by atoms with Crippen LogP contribution in [-0.4, -0.2) is 31.3 Å². The van der Waals surface area contributed by atoms with Crippen molar-refractivity contribution in [3.05, 3.63) is 18.1 Å². The first-order valence-electron chi connectivity index (χ1n) is 5.60. The van der Waals surface area contributed by atoms with Gasteiger partial charge < -0.3 is 9.52 Å². The Balaban J connectivity index is 2.18. The number of aliphatic carboxylic acids is 1. The van der Waals surface area contributed by atoms with Crippen LogP contribution in [0.3, 0.4) is 0 Å². The van der Waals surface area contributed by atoms with Crippen molar-refractivity contribution < 1.29 is 14.3 Å². The van der Waals surface area contributed by atoms with Crippen LogP contribution in [0.2, 0.25) is 0 Å². The van der Waals surface area contributed by atoms with E-state index in [1.807, 2.05) is 13.8 Å². The maximum Gasteiger partial charge on any atom is 0.303 e. The third-order valence-electron chi connectivity index (χ3n) is 2.64. The highest BCUT2D eigenvalue weighted by Crippen LogP contribution is 2.22. The molecule has 0 aliphatic rings. The molecule has 2 aromatic rings. The number of rotatable bonds is 5. The van der Waals surface area contributed by atoms with Crippen molar-refractivity contribution in [2.75, 3.05) is 0 Å². The molecule has 0 saturated heterocycles. The van der Waals surface area contributed by atoms with Crippen molar-refractivity contribution in [2.24, 2.45) is 5.92 Å². The summed E-state index contributed by atoms with van der Waals surface area (Å²) in [6, 6.07) is 1.79. The number of carbonyl (C=O) groups is 1. The summed E-state index contributed by atoms with van der Waals surface area (Å²) in [7, 11) is 0. The fourth-order valence-electron chi connectivity index (χ4n) is 1.80. The quantitative estimate of drug-likeness (QED) is 0.860. The summed E-state index contributed by atoms with van der Waals surface area (Å²) in [5.41, 5.74) is 0.822. The summed E-state index contributed by atoms with van der Waals surface area (Å²) in [5.74, 6) is 0.462. The second-order valence-corrected chi connectivity index (χ2v) is 4.28. The Labute approximate surface area is 103 Å². The molecule has 1 atom stereocenters. The second-order valence-electron chi connectivity index (χ2n) is 4.28. The molecule has 2 heterocycles. The monoisotopic (exact) mass is 250 g/mol. The standard InChI is InChI=1S/C11H14N4O3/c1-7(5-10(16)17)6-15-11(12-13-14-15)9-3-4-18-8(9)2/h3-4,7H,5-6H2,1-2H3,(H,16,17). The van der Waals surface area contributed by atoms with Gasteiger partial charge in [-0.05, 0) is 29.3 Å². The number of carboxylic acids is 1. The molecule has 7 nitrogen and oxygen atoms in total. The number of hydrogen-bond acceptors (Lipinski definition) is 5. The number of carboxylic acid groups (broad SMARTS) is 1. The van der Waals surface area contributed by atoms with Crippen LogP contribution in [0.25, 0.3) is 11.4 Å². The van der Waals surface area contributed by atoms with Crippen molar-refractivity contribution in [3.63, 3.8) is 0 Å². The van der Waals surface area contributed by atoms with Gasteiger partial charge in [-0.3, -0.25) is 4.79 Å². The Morgan fingerprint density at radius 2 is 2.39 bits per heavy atom. The van der Waals surface area contributed by atoms with Gasteiger partial charge in [0.15, 0.2) is 5.82 Å². The molecule has 0 fully saturated rings. The maximum absolute atomic E-state index is 10.6. The average molecular weight is 250 g/mol. The molecule has 2 rings (SSSR count). The molecule has 0 radical (unpaired) electrons. The van der Waals surface area contributed by atoms with E-state index in [0.29, 0.717) is 12.4 Å². The Bertz CT molecular complexity index is 546. The number of tetrazole rings is 1. The molecule has 7 heteroatoms. The van der Waals surface area contributed by atoms with Gasteiger partial charge in [0, 0.05) is 13.0 Å². The van der Waals surface area contributed by atoms with Gasteiger partial charge in [-0.25, -0.2) is 4.68 Å². The van der Waals surface area contributed by atoms with E-state index >= 15 is 0 Å². The third kappa shape index (κ3) is 2.55. The van der Waals surface area contributed by atoms with E-state index in [0.717, 1.165) is 11.3 Å². The predicted octanol–water partition coefficient (Wildman–Crippen LogP) is 1.35.